The molecule has 4 rings (SSSR count). The summed E-state index contributed by atoms with van der Waals surface area (Å²) >= 11 is 0. The first-order valence-electron chi connectivity index (χ1n) is 11.3. The number of ether oxygens (including phenoxy) is 2. The maximum atomic E-state index is 12.6. The summed E-state index contributed by atoms with van der Waals surface area (Å²) in [6.07, 6.45) is 3.89. The van der Waals surface area contributed by atoms with Crippen LogP contribution in [0.25, 0.3) is 16.9 Å². The third kappa shape index (κ3) is 4.80. The van der Waals surface area contributed by atoms with Gasteiger partial charge in [-0.15, -0.1) is 0 Å². The molecule has 1 aliphatic rings. The number of carbonyl (C=O) groups excluding carboxylic acids is 2. The number of nitrogens with zero attached hydrogens (tertiary/aromatic N) is 2. The molecular weight excluding hydrogens is 432 g/mol. The van der Waals surface area contributed by atoms with Crippen LogP contribution in [0.1, 0.15) is 38.3 Å². The Labute approximate surface area is 198 Å². The van der Waals surface area contributed by atoms with E-state index in [4.69, 9.17) is 14.6 Å². The number of allylic oxidation sites excluding steroid dienone is 1. The van der Waals surface area contributed by atoms with E-state index in [2.05, 4.69) is 17.6 Å². The van der Waals surface area contributed by atoms with E-state index in [0.29, 0.717) is 29.1 Å². The molecule has 0 fully saturated rings. The van der Waals surface area contributed by atoms with Gasteiger partial charge in [-0.05, 0) is 49.7 Å². The Kier molecular flexibility index (Phi) is 6.96. The van der Waals surface area contributed by atoms with Crippen molar-refractivity contribution in [3.8, 4) is 22.7 Å². The number of para-hydroxylation sites is 1. The molecule has 0 saturated heterocycles. The second-order valence-electron chi connectivity index (χ2n) is 8.00. The fraction of sp³-hybridized carbons (Fsp3) is 0.269. The van der Waals surface area contributed by atoms with Crippen molar-refractivity contribution >= 4 is 12.0 Å². The largest absolute Gasteiger partial charge is 0.494 e. The van der Waals surface area contributed by atoms with E-state index in [0.717, 1.165) is 29.8 Å². The Morgan fingerprint density at radius 3 is 2.53 bits per heavy atom. The zero-order chi connectivity index (χ0) is 24.1. The van der Waals surface area contributed by atoms with Crippen LogP contribution in [0.3, 0.4) is 0 Å². The fourth-order valence-electron chi connectivity index (χ4n) is 3.89. The molecule has 3 aromatic rings. The highest BCUT2D eigenvalue weighted by molar-refractivity contribution is 5.95. The van der Waals surface area contributed by atoms with Crippen molar-refractivity contribution in [3.63, 3.8) is 0 Å². The van der Waals surface area contributed by atoms with Gasteiger partial charge in [-0.25, -0.2) is 14.3 Å². The normalized spacial score (nSPS) is 15.5. The molecule has 2 aromatic carbocycles. The lowest BCUT2D eigenvalue weighted by atomic mass is 9.94. The van der Waals surface area contributed by atoms with Crippen molar-refractivity contribution in [2.45, 2.75) is 32.7 Å². The summed E-state index contributed by atoms with van der Waals surface area (Å²) in [7, 11) is 1.32. The topological polar surface area (TPSA) is 94.5 Å². The summed E-state index contributed by atoms with van der Waals surface area (Å²) in [5.74, 6) is 0.260. The number of nitrogens with one attached hydrogen (secondary N) is 2. The van der Waals surface area contributed by atoms with Crippen LogP contribution in [0.15, 0.2) is 72.1 Å². The molecule has 2 N–H and O–H groups in total. The number of hydrogen-bond acceptors (Lipinski definition) is 5. The first kappa shape index (κ1) is 23.1. The van der Waals surface area contributed by atoms with Crippen molar-refractivity contribution in [2.24, 2.45) is 0 Å². The molecule has 2 heterocycles. The number of rotatable bonds is 8. The number of amides is 2. The van der Waals surface area contributed by atoms with Crippen LogP contribution < -0.4 is 15.4 Å². The first-order valence-corrected chi connectivity index (χ1v) is 11.3. The highest BCUT2D eigenvalue weighted by Crippen LogP contribution is 2.35. The smallest absolute Gasteiger partial charge is 0.337 e. The van der Waals surface area contributed by atoms with Crippen molar-refractivity contribution in [2.75, 3.05) is 13.7 Å². The molecule has 1 atom stereocenters. The molecule has 0 saturated carbocycles. The number of benzene rings is 2. The van der Waals surface area contributed by atoms with E-state index < -0.39 is 18.0 Å². The lowest BCUT2D eigenvalue weighted by molar-refractivity contribution is -0.136. The van der Waals surface area contributed by atoms with E-state index in [9.17, 15) is 9.59 Å². The summed E-state index contributed by atoms with van der Waals surface area (Å²) in [5.41, 5.74) is 3.79. The Hall–Kier alpha value is -4.07. The van der Waals surface area contributed by atoms with Crippen LogP contribution in [-0.4, -0.2) is 35.5 Å². The van der Waals surface area contributed by atoms with Gasteiger partial charge in [-0.1, -0.05) is 31.5 Å². The maximum absolute atomic E-state index is 12.6. The van der Waals surface area contributed by atoms with Crippen molar-refractivity contribution < 1.29 is 19.1 Å². The number of unbranched alkanes of at least 4 members (excludes halogenated alkanes) is 1. The van der Waals surface area contributed by atoms with Gasteiger partial charge in [0.2, 0.25) is 0 Å². The predicted octanol–water partition coefficient (Wildman–Crippen LogP) is 4.52. The standard InChI is InChI=1S/C26H28N4O4/c1-4-5-15-34-20-13-11-18(12-14-20)23-21(16-30(29-23)19-9-7-6-8-10-19)24-22(25(31)33-3)17(2)27-26(32)28-24/h6-14,16,24H,4-5,15H2,1-3H3,(H2,27,28,32). The monoisotopic (exact) mass is 460 g/mol. The zero-order valence-electron chi connectivity index (χ0n) is 19.5. The zero-order valence-corrected chi connectivity index (χ0v) is 19.5. The Bertz CT molecular complexity index is 1200. The number of carbonyl (C=O) groups is 2. The quantitative estimate of drug-likeness (QED) is 0.381. The minimum Gasteiger partial charge on any atom is -0.494 e. The average molecular weight is 461 g/mol. The summed E-state index contributed by atoms with van der Waals surface area (Å²) in [6, 6.07) is 16.2. The molecule has 1 unspecified atom stereocenters. The number of esters is 1. The van der Waals surface area contributed by atoms with E-state index in [1.165, 1.54) is 7.11 Å². The Balaban J connectivity index is 1.80. The van der Waals surface area contributed by atoms with Crippen LogP contribution in [0.4, 0.5) is 4.79 Å². The summed E-state index contributed by atoms with van der Waals surface area (Å²) < 4.78 is 12.5. The minimum absolute atomic E-state index is 0.329. The number of aromatic nitrogens is 2. The van der Waals surface area contributed by atoms with Crippen molar-refractivity contribution in [3.05, 3.63) is 77.6 Å². The second kappa shape index (κ2) is 10.2. The van der Waals surface area contributed by atoms with E-state index in [-0.39, 0.29) is 0 Å². The van der Waals surface area contributed by atoms with E-state index in [1.54, 1.807) is 11.6 Å². The fourth-order valence-corrected chi connectivity index (χ4v) is 3.89. The number of urea groups is 1. The molecule has 0 radical (unpaired) electrons. The van der Waals surface area contributed by atoms with Gasteiger partial charge < -0.3 is 20.1 Å². The van der Waals surface area contributed by atoms with Gasteiger partial charge in [0, 0.05) is 23.0 Å². The number of hydrogen-bond donors (Lipinski definition) is 2. The van der Waals surface area contributed by atoms with Gasteiger partial charge in [0.25, 0.3) is 0 Å². The van der Waals surface area contributed by atoms with Crippen LogP contribution in [0, 0.1) is 0 Å². The number of methoxy groups -OCH3 is 1. The third-order valence-electron chi connectivity index (χ3n) is 5.64. The van der Waals surface area contributed by atoms with Crippen LogP contribution in [0.2, 0.25) is 0 Å². The van der Waals surface area contributed by atoms with Crippen molar-refractivity contribution in [1.82, 2.24) is 20.4 Å². The minimum atomic E-state index is -0.728. The van der Waals surface area contributed by atoms with Gasteiger partial charge in [0.1, 0.15) is 5.75 Å². The van der Waals surface area contributed by atoms with Crippen LogP contribution >= 0.6 is 0 Å². The van der Waals surface area contributed by atoms with Gasteiger partial charge >= 0.3 is 12.0 Å². The average Bonchev–Trinajstić information content (AvgIpc) is 3.30. The van der Waals surface area contributed by atoms with Crippen molar-refractivity contribution in [1.29, 1.82) is 0 Å². The maximum Gasteiger partial charge on any atom is 0.337 e. The Morgan fingerprint density at radius 2 is 1.85 bits per heavy atom. The molecule has 0 bridgehead atoms. The lowest BCUT2D eigenvalue weighted by Crippen LogP contribution is -2.45. The lowest BCUT2D eigenvalue weighted by Gasteiger charge is -2.27. The molecule has 2 amide bonds. The molecule has 176 valence electrons. The predicted molar refractivity (Wildman–Crippen MR) is 129 cm³/mol. The summed E-state index contributed by atoms with van der Waals surface area (Å²) in [6.45, 7) is 4.47. The summed E-state index contributed by atoms with van der Waals surface area (Å²) in [4.78, 5) is 25.0. The molecule has 0 spiro atoms. The van der Waals surface area contributed by atoms with Gasteiger partial charge in [0.15, 0.2) is 0 Å². The van der Waals surface area contributed by atoms with Crippen LogP contribution in [-0.2, 0) is 9.53 Å². The Morgan fingerprint density at radius 1 is 1.12 bits per heavy atom. The highest BCUT2D eigenvalue weighted by Gasteiger charge is 2.35. The van der Waals surface area contributed by atoms with Crippen LogP contribution in [0.5, 0.6) is 5.75 Å². The first-order chi connectivity index (χ1) is 16.5. The highest BCUT2D eigenvalue weighted by atomic mass is 16.5. The molecule has 1 aliphatic heterocycles. The van der Waals surface area contributed by atoms with Gasteiger partial charge in [-0.3, -0.25) is 0 Å². The van der Waals surface area contributed by atoms with E-state index in [1.807, 2.05) is 60.8 Å². The molecule has 1 aromatic heterocycles. The molecule has 0 aliphatic carbocycles. The third-order valence-corrected chi connectivity index (χ3v) is 5.64. The van der Waals surface area contributed by atoms with Gasteiger partial charge in [0.05, 0.1) is 36.7 Å². The molecular formula is C26H28N4O4. The summed E-state index contributed by atoms with van der Waals surface area (Å²) in [5, 5.41) is 10.4. The van der Waals surface area contributed by atoms with Gasteiger partial charge in [-0.2, -0.15) is 5.10 Å². The molecule has 8 nitrogen and oxygen atoms in total. The second-order valence-corrected chi connectivity index (χ2v) is 8.00. The molecule has 34 heavy (non-hydrogen) atoms. The van der Waals surface area contributed by atoms with E-state index >= 15 is 0 Å². The molecule has 8 heteroatoms. The SMILES string of the molecule is CCCCOc1ccc(-c2nn(-c3ccccc3)cc2C2NC(=O)NC(C)=C2C(=O)OC)cc1.